The molecule has 1 heterocycles. The summed E-state index contributed by atoms with van der Waals surface area (Å²) < 4.78 is 5.48. The smallest absolute Gasteiger partial charge is 0.254 e. The van der Waals surface area contributed by atoms with Crippen molar-refractivity contribution in [1.29, 1.82) is 0 Å². The lowest BCUT2D eigenvalue weighted by molar-refractivity contribution is 0.0995. The van der Waals surface area contributed by atoms with E-state index < -0.39 is 5.91 Å². The van der Waals surface area contributed by atoms with Crippen LogP contribution in [-0.4, -0.2) is 17.5 Å². The monoisotopic (exact) mass is 192 g/mol. The van der Waals surface area contributed by atoms with Crippen molar-refractivity contribution in [2.45, 2.75) is 12.8 Å². The first-order chi connectivity index (χ1) is 6.77. The molecule has 1 aliphatic carbocycles. The number of carbonyl (C=O) groups is 1. The first kappa shape index (κ1) is 8.99. The van der Waals surface area contributed by atoms with Crippen LogP contribution in [0.15, 0.2) is 18.5 Å². The van der Waals surface area contributed by atoms with Gasteiger partial charge in [0.15, 0.2) is 0 Å². The fourth-order valence-electron chi connectivity index (χ4n) is 1.18. The molecule has 0 bridgehead atoms. The van der Waals surface area contributed by atoms with Crippen molar-refractivity contribution in [3.05, 3.63) is 24.0 Å². The van der Waals surface area contributed by atoms with Crippen LogP contribution in [0.5, 0.6) is 5.75 Å². The van der Waals surface area contributed by atoms with E-state index >= 15 is 0 Å². The summed E-state index contributed by atoms with van der Waals surface area (Å²) in [6, 6.07) is 1.67. The zero-order valence-corrected chi connectivity index (χ0v) is 7.77. The Morgan fingerprint density at radius 2 is 2.43 bits per heavy atom. The summed E-state index contributed by atoms with van der Waals surface area (Å²) in [5, 5.41) is 0. The molecular weight excluding hydrogens is 180 g/mol. The Bertz CT molecular complexity index is 348. The third-order valence-corrected chi connectivity index (χ3v) is 2.22. The Balaban J connectivity index is 2.09. The van der Waals surface area contributed by atoms with Gasteiger partial charge < -0.3 is 10.5 Å². The van der Waals surface area contributed by atoms with Crippen LogP contribution in [0.4, 0.5) is 0 Å². The van der Waals surface area contributed by atoms with E-state index in [4.69, 9.17) is 10.5 Å². The van der Waals surface area contributed by atoms with Gasteiger partial charge in [-0.25, -0.2) is 0 Å². The summed E-state index contributed by atoms with van der Waals surface area (Å²) in [5.74, 6) is 0.701. The van der Waals surface area contributed by atoms with E-state index in [0.29, 0.717) is 23.8 Å². The fraction of sp³-hybridized carbons (Fsp3) is 0.400. The van der Waals surface area contributed by atoms with Crippen LogP contribution in [0, 0.1) is 5.92 Å². The van der Waals surface area contributed by atoms with Gasteiger partial charge in [-0.2, -0.15) is 0 Å². The minimum atomic E-state index is -0.496. The molecule has 1 fully saturated rings. The van der Waals surface area contributed by atoms with E-state index in [1.54, 1.807) is 12.3 Å². The van der Waals surface area contributed by atoms with Crippen LogP contribution >= 0.6 is 0 Å². The number of rotatable bonds is 4. The highest BCUT2D eigenvalue weighted by atomic mass is 16.5. The second-order valence-corrected chi connectivity index (χ2v) is 3.49. The van der Waals surface area contributed by atoms with E-state index in [9.17, 15) is 4.79 Å². The third-order valence-electron chi connectivity index (χ3n) is 2.22. The van der Waals surface area contributed by atoms with Crippen molar-refractivity contribution in [2.75, 3.05) is 6.61 Å². The molecule has 4 heteroatoms. The molecule has 1 saturated carbocycles. The van der Waals surface area contributed by atoms with Gasteiger partial charge in [0.1, 0.15) is 5.75 Å². The number of ether oxygens (including phenoxy) is 1. The molecule has 1 aromatic rings. The van der Waals surface area contributed by atoms with Gasteiger partial charge in [-0.1, -0.05) is 0 Å². The van der Waals surface area contributed by atoms with Crippen molar-refractivity contribution in [2.24, 2.45) is 11.7 Å². The van der Waals surface area contributed by atoms with Crippen LogP contribution in [0.3, 0.4) is 0 Å². The molecule has 1 aromatic heterocycles. The largest absolute Gasteiger partial charge is 0.492 e. The SMILES string of the molecule is NC(=O)c1cnccc1OCC1CC1. The molecular formula is C10H12N2O2. The number of pyridine rings is 1. The van der Waals surface area contributed by atoms with Crippen LogP contribution < -0.4 is 10.5 Å². The molecule has 1 aliphatic rings. The van der Waals surface area contributed by atoms with E-state index in [-0.39, 0.29) is 0 Å². The van der Waals surface area contributed by atoms with E-state index in [0.717, 1.165) is 0 Å². The molecule has 1 amide bonds. The molecule has 0 aliphatic heterocycles. The molecule has 2 rings (SSSR count). The summed E-state index contributed by atoms with van der Waals surface area (Å²) in [6.07, 6.45) is 5.47. The lowest BCUT2D eigenvalue weighted by Gasteiger charge is -2.07. The number of carbonyl (C=O) groups excluding carboxylic acids is 1. The first-order valence-electron chi connectivity index (χ1n) is 4.64. The van der Waals surface area contributed by atoms with Gasteiger partial charge in [0, 0.05) is 12.4 Å². The average molecular weight is 192 g/mol. The van der Waals surface area contributed by atoms with Gasteiger partial charge >= 0.3 is 0 Å². The summed E-state index contributed by atoms with van der Waals surface area (Å²) >= 11 is 0. The Morgan fingerprint density at radius 3 is 3.07 bits per heavy atom. The molecule has 2 N–H and O–H groups in total. The molecule has 0 aromatic carbocycles. The van der Waals surface area contributed by atoms with E-state index in [1.165, 1.54) is 19.0 Å². The van der Waals surface area contributed by atoms with Gasteiger partial charge in [-0.15, -0.1) is 0 Å². The van der Waals surface area contributed by atoms with Crippen molar-refractivity contribution in [3.63, 3.8) is 0 Å². The minimum absolute atomic E-state index is 0.355. The Morgan fingerprint density at radius 1 is 1.64 bits per heavy atom. The Labute approximate surface area is 82.1 Å². The Kier molecular flexibility index (Phi) is 2.35. The molecule has 4 nitrogen and oxygen atoms in total. The number of amides is 1. The molecule has 0 saturated heterocycles. The summed E-state index contributed by atoms with van der Waals surface area (Å²) in [6.45, 7) is 0.671. The number of hydrogen-bond donors (Lipinski definition) is 1. The number of hydrogen-bond acceptors (Lipinski definition) is 3. The van der Waals surface area contributed by atoms with Crippen molar-refractivity contribution in [3.8, 4) is 5.75 Å². The normalized spacial score (nSPS) is 15.1. The lowest BCUT2D eigenvalue weighted by atomic mass is 10.2. The van der Waals surface area contributed by atoms with Gasteiger partial charge in [0.2, 0.25) is 0 Å². The quantitative estimate of drug-likeness (QED) is 0.773. The summed E-state index contributed by atoms with van der Waals surface area (Å²) in [7, 11) is 0. The molecule has 0 atom stereocenters. The van der Waals surface area contributed by atoms with Crippen molar-refractivity contribution >= 4 is 5.91 Å². The molecule has 14 heavy (non-hydrogen) atoms. The molecule has 0 radical (unpaired) electrons. The number of primary amides is 1. The van der Waals surface area contributed by atoms with Crippen LogP contribution in [0.1, 0.15) is 23.2 Å². The lowest BCUT2D eigenvalue weighted by Crippen LogP contribution is -2.14. The van der Waals surface area contributed by atoms with Gasteiger partial charge in [0.25, 0.3) is 5.91 Å². The highest BCUT2D eigenvalue weighted by Crippen LogP contribution is 2.30. The number of nitrogens with zero attached hydrogens (tertiary/aromatic N) is 1. The maximum Gasteiger partial charge on any atom is 0.254 e. The zero-order valence-electron chi connectivity index (χ0n) is 7.77. The molecule has 74 valence electrons. The summed E-state index contributed by atoms with van der Waals surface area (Å²) in [5.41, 5.74) is 5.53. The standard InChI is InChI=1S/C10H12N2O2/c11-10(13)8-5-12-4-3-9(8)14-6-7-1-2-7/h3-5,7H,1-2,6H2,(H2,11,13). The van der Waals surface area contributed by atoms with Crippen LogP contribution in [-0.2, 0) is 0 Å². The topological polar surface area (TPSA) is 65.2 Å². The second-order valence-electron chi connectivity index (χ2n) is 3.49. The maximum atomic E-state index is 11.0. The van der Waals surface area contributed by atoms with Crippen molar-refractivity contribution < 1.29 is 9.53 Å². The number of nitrogens with two attached hydrogens (primary N) is 1. The molecule has 0 unspecified atom stereocenters. The molecule has 0 spiro atoms. The summed E-state index contributed by atoms with van der Waals surface area (Å²) in [4.78, 5) is 14.8. The van der Waals surface area contributed by atoms with Crippen LogP contribution in [0.25, 0.3) is 0 Å². The van der Waals surface area contributed by atoms with Gasteiger partial charge in [-0.05, 0) is 24.8 Å². The second kappa shape index (κ2) is 3.65. The van der Waals surface area contributed by atoms with E-state index in [1.807, 2.05) is 0 Å². The third kappa shape index (κ3) is 2.02. The van der Waals surface area contributed by atoms with Gasteiger partial charge in [0.05, 0.1) is 12.2 Å². The highest BCUT2D eigenvalue weighted by Gasteiger charge is 2.22. The Hall–Kier alpha value is -1.58. The predicted octanol–water partition coefficient (Wildman–Crippen LogP) is 0.969. The van der Waals surface area contributed by atoms with Crippen molar-refractivity contribution in [1.82, 2.24) is 4.98 Å². The zero-order chi connectivity index (χ0) is 9.97. The van der Waals surface area contributed by atoms with Gasteiger partial charge in [-0.3, -0.25) is 9.78 Å². The predicted molar refractivity (Wildman–Crippen MR) is 51.0 cm³/mol. The van der Waals surface area contributed by atoms with E-state index in [2.05, 4.69) is 4.98 Å². The maximum absolute atomic E-state index is 11.0. The number of aromatic nitrogens is 1. The average Bonchev–Trinajstić information content (AvgIpc) is 2.98. The first-order valence-corrected chi connectivity index (χ1v) is 4.64. The highest BCUT2D eigenvalue weighted by molar-refractivity contribution is 5.95. The fourth-order valence-corrected chi connectivity index (χ4v) is 1.18. The minimum Gasteiger partial charge on any atom is -0.492 e. The van der Waals surface area contributed by atoms with Crippen LogP contribution in [0.2, 0.25) is 0 Å².